The summed E-state index contributed by atoms with van der Waals surface area (Å²) in [4.78, 5) is 18.0. The molecule has 0 aliphatic carbocycles. The number of likely N-dealkylation sites (N-methyl/N-ethyl adjacent to an activating group) is 1. The first-order valence-corrected chi connectivity index (χ1v) is 7.47. The lowest BCUT2D eigenvalue weighted by molar-refractivity contribution is 0.112. The Hall–Kier alpha value is -1.68. The van der Waals surface area contributed by atoms with E-state index in [-0.39, 0.29) is 0 Å². The SMILES string of the molecule is CCN1CCCCC1Cc1cn2ccc(C=O)cc2n1. The summed E-state index contributed by atoms with van der Waals surface area (Å²) in [6.45, 7) is 4.56. The number of pyridine rings is 1. The average Bonchev–Trinajstić information content (AvgIpc) is 2.89. The number of aldehydes is 1. The fourth-order valence-electron chi connectivity index (χ4n) is 3.17. The van der Waals surface area contributed by atoms with Gasteiger partial charge in [-0.05, 0) is 38.1 Å². The number of likely N-dealkylation sites (tertiary alicyclic amines) is 1. The number of aromatic nitrogens is 2. The van der Waals surface area contributed by atoms with Gasteiger partial charge >= 0.3 is 0 Å². The van der Waals surface area contributed by atoms with E-state index in [1.807, 2.05) is 22.7 Å². The van der Waals surface area contributed by atoms with Crippen LogP contribution >= 0.6 is 0 Å². The number of hydrogen-bond acceptors (Lipinski definition) is 3. The molecule has 1 fully saturated rings. The van der Waals surface area contributed by atoms with Gasteiger partial charge in [0.15, 0.2) is 0 Å². The molecule has 0 aromatic carbocycles. The first kappa shape index (κ1) is 13.3. The molecule has 0 N–H and O–H groups in total. The number of rotatable bonds is 4. The molecule has 0 amide bonds. The van der Waals surface area contributed by atoms with Crippen molar-refractivity contribution >= 4 is 11.9 Å². The van der Waals surface area contributed by atoms with Gasteiger partial charge in [-0.1, -0.05) is 13.3 Å². The summed E-state index contributed by atoms with van der Waals surface area (Å²) >= 11 is 0. The van der Waals surface area contributed by atoms with Gasteiger partial charge in [-0.25, -0.2) is 4.98 Å². The Kier molecular flexibility index (Phi) is 3.83. The zero-order valence-electron chi connectivity index (χ0n) is 12.0. The van der Waals surface area contributed by atoms with Crippen molar-refractivity contribution in [3.63, 3.8) is 0 Å². The molecule has 1 aliphatic heterocycles. The van der Waals surface area contributed by atoms with E-state index in [0.717, 1.165) is 30.6 Å². The predicted octanol–water partition coefficient (Wildman–Crippen LogP) is 2.56. The molecular formula is C16H21N3O. The quantitative estimate of drug-likeness (QED) is 0.802. The first-order valence-electron chi connectivity index (χ1n) is 7.47. The van der Waals surface area contributed by atoms with Crippen molar-refractivity contribution in [1.29, 1.82) is 0 Å². The van der Waals surface area contributed by atoms with Gasteiger partial charge < -0.3 is 9.30 Å². The summed E-state index contributed by atoms with van der Waals surface area (Å²) in [6.07, 6.45) is 9.78. The lowest BCUT2D eigenvalue weighted by Gasteiger charge is -2.34. The molecule has 0 spiro atoms. The molecule has 3 heterocycles. The van der Waals surface area contributed by atoms with Crippen molar-refractivity contribution in [2.75, 3.05) is 13.1 Å². The predicted molar refractivity (Wildman–Crippen MR) is 79.2 cm³/mol. The summed E-state index contributed by atoms with van der Waals surface area (Å²) in [5.41, 5.74) is 2.67. The van der Waals surface area contributed by atoms with Crippen LogP contribution < -0.4 is 0 Å². The van der Waals surface area contributed by atoms with Crippen LogP contribution in [0.2, 0.25) is 0 Å². The highest BCUT2D eigenvalue weighted by Gasteiger charge is 2.22. The molecular weight excluding hydrogens is 250 g/mol. The Morgan fingerprint density at radius 1 is 1.45 bits per heavy atom. The van der Waals surface area contributed by atoms with Crippen LogP contribution in [0.15, 0.2) is 24.5 Å². The van der Waals surface area contributed by atoms with Crippen LogP contribution in [0.5, 0.6) is 0 Å². The van der Waals surface area contributed by atoms with Gasteiger partial charge in [0.2, 0.25) is 0 Å². The summed E-state index contributed by atoms with van der Waals surface area (Å²) in [5, 5.41) is 0. The van der Waals surface area contributed by atoms with Gasteiger partial charge in [0.25, 0.3) is 0 Å². The maximum atomic E-state index is 10.8. The zero-order valence-corrected chi connectivity index (χ0v) is 12.0. The maximum Gasteiger partial charge on any atom is 0.150 e. The molecule has 3 rings (SSSR count). The van der Waals surface area contributed by atoms with E-state index in [2.05, 4.69) is 23.0 Å². The van der Waals surface area contributed by atoms with Crippen LogP contribution in [-0.2, 0) is 6.42 Å². The molecule has 20 heavy (non-hydrogen) atoms. The fourth-order valence-corrected chi connectivity index (χ4v) is 3.17. The molecule has 1 unspecified atom stereocenters. The van der Waals surface area contributed by atoms with Crippen LogP contribution in [0, 0.1) is 0 Å². The lowest BCUT2D eigenvalue weighted by atomic mass is 9.98. The van der Waals surface area contributed by atoms with Crippen molar-refractivity contribution in [2.24, 2.45) is 0 Å². The van der Waals surface area contributed by atoms with E-state index in [4.69, 9.17) is 0 Å². The summed E-state index contributed by atoms with van der Waals surface area (Å²) in [7, 11) is 0. The Balaban J connectivity index is 1.81. The third-order valence-electron chi connectivity index (χ3n) is 4.27. The minimum absolute atomic E-state index is 0.615. The number of carbonyl (C=O) groups is 1. The van der Waals surface area contributed by atoms with Gasteiger partial charge in [0, 0.05) is 30.4 Å². The number of carbonyl (C=O) groups excluding carboxylic acids is 1. The highest BCUT2D eigenvalue weighted by molar-refractivity contribution is 5.76. The monoisotopic (exact) mass is 271 g/mol. The molecule has 0 saturated carbocycles. The van der Waals surface area contributed by atoms with Crippen LogP contribution in [0.3, 0.4) is 0 Å². The Morgan fingerprint density at radius 3 is 3.15 bits per heavy atom. The summed E-state index contributed by atoms with van der Waals surface area (Å²) in [5.74, 6) is 0. The van der Waals surface area contributed by atoms with E-state index in [0.29, 0.717) is 11.6 Å². The van der Waals surface area contributed by atoms with E-state index < -0.39 is 0 Å². The smallest absolute Gasteiger partial charge is 0.150 e. The molecule has 4 heteroatoms. The van der Waals surface area contributed by atoms with Gasteiger partial charge in [-0.2, -0.15) is 0 Å². The number of fused-ring (bicyclic) bond motifs is 1. The first-order chi connectivity index (χ1) is 9.80. The second-order valence-corrected chi connectivity index (χ2v) is 5.56. The topological polar surface area (TPSA) is 37.6 Å². The maximum absolute atomic E-state index is 10.8. The van der Waals surface area contributed by atoms with Crippen molar-refractivity contribution in [3.05, 3.63) is 35.8 Å². The van der Waals surface area contributed by atoms with Crippen LogP contribution in [-0.4, -0.2) is 39.7 Å². The van der Waals surface area contributed by atoms with Crippen molar-refractivity contribution in [2.45, 2.75) is 38.6 Å². The minimum Gasteiger partial charge on any atom is -0.307 e. The number of imidazole rings is 1. The molecule has 1 aliphatic rings. The lowest BCUT2D eigenvalue weighted by Crippen LogP contribution is -2.40. The molecule has 0 radical (unpaired) electrons. The highest BCUT2D eigenvalue weighted by atomic mass is 16.1. The molecule has 2 aromatic rings. The molecule has 1 saturated heterocycles. The van der Waals surface area contributed by atoms with Gasteiger partial charge in [0.1, 0.15) is 11.9 Å². The molecule has 1 atom stereocenters. The van der Waals surface area contributed by atoms with E-state index in [1.54, 1.807) is 0 Å². The highest BCUT2D eigenvalue weighted by Crippen LogP contribution is 2.20. The van der Waals surface area contributed by atoms with Gasteiger partial charge in [-0.15, -0.1) is 0 Å². The molecule has 2 aromatic heterocycles. The summed E-state index contributed by atoms with van der Waals surface area (Å²) in [6, 6.07) is 4.28. The Bertz CT molecular complexity index is 605. The third kappa shape index (κ3) is 2.61. The molecule has 0 bridgehead atoms. The number of hydrogen-bond donors (Lipinski definition) is 0. The average molecular weight is 271 g/mol. The van der Waals surface area contributed by atoms with Crippen molar-refractivity contribution < 1.29 is 4.79 Å². The normalized spacial score (nSPS) is 20.4. The molecule has 4 nitrogen and oxygen atoms in total. The minimum atomic E-state index is 0.615. The van der Waals surface area contributed by atoms with E-state index >= 15 is 0 Å². The fraction of sp³-hybridized carbons (Fsp3) is 0.500. The number of nitrogens with zero attached hydrogens (tertiary/aromatic N) is 3. The van der Waals surface area contributed by atoms with E-state index in [9.17, 15) is 4.79 Å². The van der Waals surface area contributed by atoms with Gasteiger partial charge in [0.05, 0.1) is 5.69 Å². The molecule has 106 valence electrons. The Labute approximate surface area is 119 Å². The third-order valence-corrected chi connectivity index (χ3v) is 4.27. The van der Waals surface area contributed by atoms with Gasteiger partial charge in [-0.3, -0.25) is 4.79 Å². The van der Waals surface area contributed by atoms with Crippen molar-refractivity contribution in [1.82, 2.24) is 14.3 Å². The van der Waals surface area contributed by atoms with Crippen LogP contribution in [0.4, 0.5) is 0 Å². The summed E-state index contributed by atoms with van der Waals surface area (Å²) < 4.78 is 2.00. The Morgan fingerprint density at radius 2 is 2.35 bits per heavy atom. The second kappa shape index (κ2) is 5.75. The number of piperidine rings is 1. The van der Waals surface area contributed by atoms with Crippen LogP contribution in [0.25, 0.3) is 5.65 Å². The zero-order chi connectivity index (χ0) is 13.9. The second-order valence-electron chi connectivity index (χ2n) is 5.56. The van der Waals surface area contributed by atoms with Crippen LogP contribution in [0.1, 0.15) is 42.2 Å². The van der Waals surface area contributed by atoms with E-state index in [1.165, 1.54) is 25.8 Å². The largest absolute Gasteiger partial charge is 0.307 e. The standard InChI is InChI=1S/C16H21N3O/c1-2-18-7-4-3-5-15(18)10-14-11-19-8-6-13(12-20)9-16(19)17-14/h6,8-9,11-12,15H,2-5,7,10H2,1H3. The van der Waals surface area contributed by atoms with Crippen molar-refractivity contribution in [3.8, 4) is 0 Å².